The zero-order chi connectivity index (χ0) is 30.5. The molecule has 3 atom stereocenters. The van der Waals surface area contributed by atoms with E-state index in [1.165, 1.54) is 31.8 Å². The van der Waals surface area contributed by atoms with Gasteiger partial charge >= 0.3 is 0 Å². The molecule has 0 spiro atoms. The molecule has 0 heterocycles. The minimum absolute atomic E-state index is 0.0835. The van der Waals surface area contributed by atoms with E-state index in [0.29, 0.717) is 0 Å². The van der Waals surface area contributed by atoms with Gasteiger partial charge in [-0.15, -0.1) is 0 Å². The Bertz CT molecular complexity index is 1640. The predicted molar refractivity (Wildman–Crippen MR) is 192 cm³/mol. The van der Waals surface area contributed by atoms with Crippen molar-refractivity contribution in [3.63, 3.8) is 0 Å². The zero-order valence-corrected chi connectivity index (χ0v) is 27.3. The van der Waals surface area contributed by atoms with Gasteiger partial charge in [-0.25, -0.2) is 0 Å². The fourth-order valence-electron chi connectivity index (χ4n) is 6.09. The van der Waals surface area contributed by atoms with E-state index in [1.807, 2.05) is 0 Å². The summed E-state index contributed by atoms with van der Waals surface area (Å²) < 4.78 is 0. The summed E-state index contributed by atoms with van der Waals surface area (Å²) in [4.78, 5) is 2.27. The molecule has 0 amide bonds. The average Bonchev–Trinajstić information content (AvgIpc) is 3.51. The van der Waals surface area contributed by atoms with Crippen LogP contribution >= 0.6 is 15.8 Å². The molecule has 2 unspecified atom stereocenters. The number of hydrogen-bond donors (Lipinski definition) is 1. The van der Waals surface area contributed by atoms with Gasteiger partial charge in [0.2, 0.25) is 0 Å². The normalized spacial score (nSPS) is 16.2. The molecule has 4 heteroatoms. The lowest BCUT2D eigenvalue weighted by Crippen LogP contribution is -2.34. The zero-order valence-electron chi connectivity index (χ0n) is 25.5. The summed E-state index contributed by atoms with van der Waals surface area (Å²) in [6.07, 6.45) is 3.90. The van der Waals surface area contributed by atoms with E-state index in [9.17, 15) is 5.11 Å². The van der Waals surface area contributed by atoms with Gasteiger partial charge in [0.15, 0.2) is 0 Å². The van der Waals surface area contributed by atoms with E-state index < -0.39 is 21.9 Å². The summed E-state index contributed by atoms with van der Waals surface area (Å²) in [5, 5.41) is 20.4. The maximum absolute atomic E-state index is 12.8. The molecule has 1 aliphatic carbocycles. The van der Waals surface area contributed by atoms with Gasteiger partial charge in [-0.3, -0.25) is 0 Å². The van der Waals surface area contributed by atoms with Crippen molar-refractivity contribution in [1.82, 2.24) is 4.90 Å². The van der Waals surface area contributed by atoms with Gasteiger partial charge in [-0.05, 0) is 79.8 Å². The fraction of sp³-hybridized carbons (Fsp3) is 0.150. The van der Waals surface area contributed by atoms with Crippen LogP contribution < -0.4 is 26.5 Å². The molecule has 0 saturated carbocycles. The predicted octanol–water partition coefficient (Wildman–Crippen LogP) is 7.00. The molecule has 0 saturated heterocycles. The molecular formula is C40H39NOP2. The number of allylic oxidation sites excluding steroid dienone is 2. The highest BCUT2D eigenvalue weighted by atomic mass is 31.1. The van der Waals surface area contributed by atoms with Crippen molar-refractivity contribution in [1.29, 1.82) is 0 Å². The van der Waals surface area contributed by atoms with Gasteiger partial charge < -0.3 is 10.0 Å². The van der Waals surface area contributed by atoms with Crippen molar-refractivity contribution >= 4 is 42.4 Å². The van der Waals surface area contributed by atoms with Gasteiger partial charge in [-0.1, -0.05) is 158 Å². The summed E-state index contributed by atoms with van der Waals surface area (Å²) in [5.41, 5.74) is 2.11. The molecule has 220 valence electrons. The molecule has 0 aliphatic heterocycles. The second-order valence-electron chi connectivity index (χ2n) is 11.4. The summed E-state index contributed by atoms with van der Waals surface area (Å²) in [6.45, 7) is 2.27. The largest absolute Gasteiger partial charge is 0.384 e. The molecule has 2 nitrogen and oxygen atoms in total. The third kappa shape index (κ3) is 6.28. The van der Waals surface area contributed by atoms with Gasteiger partial charge in [-0.2, -0.15) is 0 Å². The van der Waals surface area contributed by atoms with Gasteiger partial charge in [0, 0.05) is 12.0 Å². The number of aliphatic hydroxyl groups is 1. The van der Waals surface area contributed by atoms with Crippen LogP contribution in [0.4, 0.5) is 0 Å². The van der Waals surface area contributed by atoms with Gasteiger partial charge in [0.05, 0.1) is 0 Å². The van der Waals surface area contributed by atoms with E-state index in [2.05, 4.69) is 184 Å². The molecule has 0 aromatic heterocycles. The average molecular weight is 612 g/mol. The summed E-state index contributed by atoms with van der Waals surface area (Å²) >= 11 is 0. The lowest BCUT2D eigenvalue weighted by atomic mass is 9.88. The van der Waals surface area contributed by atoms with Gasteiger partial charge in [0.1, 0.15) is 6.10 Å². The molecule has 5 aromatic rings. The van der Waals surface area contributed by atoms with Crippen LogP contribution in [0, 0.1) is 5.92 Å². The lowest BCUT2D eigenvalue weighted by molar-refractivity contribution is 0.187. The Labute approximate surface area is 264 Å². The Morgan fingerprint density at radius 3 is 1.43 bits per heavy atom. The highest BCUT2D eigenvalue weighted by Gasteiger charge is 2.37. The number of aliphatic hydroxyl groups excluding tert-OH is 1. The Kier molecular flexibility index (Phi) is 9.66. The van der Waals surface area contributed by atoms with E-state index in [-0.39, 0.29) is 12.0 Å². The second kappa shape index (κ2) is 14.0. The molecule has 0 bridgehead atoms. The topological polar surface area (TPSA) is 23.5 Å². The minimum atomic E-state index is -0.881. The van der Waals surface area contributed by atoms with Crippen molar-refractivity contribution in [3.8, 4) is 0 Å². The van der Waals surface area contributed by atoms with Crippen LogP contribution in [0.3, 0.4) is 0 Å². The molecule has 5 aromatic carbocycles. The molecule has 1 N–H and O–H groups in total. The Balaban J connectivity index is 1.56. The molecule has 1 aliphatic rings. The van der Waals surface area contributed by atoms with Gasteiger partial charge in [0.25, 0.3) is 0 Å². The third-order valence-electron chi connectivity index (χ3n) is 8.52. The smallest absolute Gasteiger partial charge is 0.102 e. The van der Waals surface area contributed by atoms with Crippen LogP contribution in [-0.4, -0.2) is 30.1 Å². The second-order valence-corrected chi connectivity index (χ2v) is 15.8. The van der Waals surface area contributed by atoms with Crippen LogP contribution in [0.15, 0.2) is 169 Å². The van der Waals surface area contributed by atoms with Crippen molar-refractivity contribution in [2.45, 2.75) is 19.1 Å². The van der Waals surface area contributed by atoms with Crippen LogP contribution in [-0.2, 0) is 0 Å². The number of nitrogens with zero attached hydrogens (tertiary/aromatic N) is 1. The van der Waals surface area contributed by atoms with E-state index in [0.717, 1.165) is 11.1 Å². The lowest BCUT2D eigenvalue weighted by Gasteiger charge is -2.33. The van der Waals surface area contributed by atoms with E-state index in [1.54, 1.807) is 0 Å². The summed E-state index contributed by atoms with van der Waals surface area (Å²) in [7, 11) is 2.51. The first-order chi connectivity index (χ1) is 21.5. The first kappa shape index (κ1) is 30.4. The highest BCUT2D eigenvalue weighted by Crippen LogP contribution is 2.53. The minimum Gasteiger partial charge on any atom is -0.384 e. The Morgan fingerprint density at radius 2 is 0.977 bits per heavy atom. The van der Waals surface area contributed by atoms with Crippen LogP contribution in [0.5, 0.6) is 0 Å². The van der Waals surface area contributed by atoms with Crippen molar-refractivity contribution in [3.05, 3.63) is 174 Å². The number of benzene rings is 5. The standard InChI is InChI=1S/C40H39NOP2/c1-30(41(2)3)35-28-29-38(44(33-22-12-6-13-23-33)34-24-14-7-15-25-34)39(35)40(42)36-26-16-17-27-37(36)43(31-18-8-4-9-19-31)32-20-10-5-11-21-32/h4-30,35,40,42H,1-3H3/t30-,35?,40?/m1/s1. The number of rotatable bonds is 10. The first-order valence-electron chi connectivity index (χ1n) is 15.2. The molecule has 0 radical (unpaired) electrons. The van der Waals surface area contributed by atoms with Crippen molar-refractivity contribution in [2.75, 3.05) is 14.1 Å². The molecule has 6 rings (SSSR count). The molecule has 44 heavy (non-hydrogen) atoms. The van der Waals surface area contributed by atoms with E-state index in [4.69, 9.17) is 0 Å². The monoisotopic (exact) mass is 611 g/mol. The first-order valence-corrected chi connectivity index (χ1v) is 17.9. The Morgan fingerprint density at radius 1 is 0.568 bits per heavy atom. The third-order valence-corrected chi connectivity index (χ3v) is 13.6. The maximum Gasteiger partial charge on any atom is 0.102 e. The van der Waals surface area contributed by atoms with Crippen molar-refractivity contribution < 1.29 is 5.11 Å². The SMILES string of the molecule is C[C@H](C1C=CC(P(c2ccccc2)c2ccccc2)=C1C(O)c1ccccc1P(c1ccccc1)c1ccccc1)N(C)C. The quantitative estimate of drug-likeness (QED) is 0.172. The summed E-state index contributed by atoms with van der Waals surface area (Å²) in [6, 6.07) is 52.0. The van der Waals surface area contributed by atoms with Crippen LogP contribution in [0.1, 0.15) is 18.6 Å². The van der Waals surface area contributed by atoms with E-state index >= 15 is 0 Å². The highest BCUT2D eigenvalue weighted by molar-refractivity contribution is 7.80. The van der Waals surface area contributed by atoms with Crippen LogP contribution in [0.25, 0.3) is 0 Å². The summed E-state index contributed by atoms with van der Waals surface area (Å²) in [5.74, 6) is 0.0835. The van der Waals surface area contributed by atoms with Crippen molar-refractivity contribution in [2.24, 2.45) is 5.92 Å². The molecular weight excluding hydrogens is 572 g/mol. The fourth-order valence-corrected chi connectivity index (χ4v) is 11.1. The number of hydrogen-bond acceptors (Lipinski definition) is 2. The Hall–Kier alpha value is -3.64. The van der Waals surface area contributed by atoms with Crippen LogP contribution in [0.2, 0.25) is 0 Å². The maximum atomic E-state index is 12.8. The molecule has 0 fully saturated rings.